The molecule has 10 heteroatoms. The number of nitro groups is 1. The average molecular weight is 598 g/mol. The van der Waals surface area contributed by atoms with Crippen LogP contribution in [-0.4, -0.2) is 19.9 Å². The summed E-state index contributed by atoms with van der Waals surface area (Å²) < 4.78 is 41.0. The molecule has 9 nitrogen and oxygen atoms in total. The molecule has 0 spiro atoms. The number of hydrogen-bond donors (Lipinski definition) is 2. The summed E-state index contributed by atoms with van der Waals surface area (Å²) in [7, 11) is -3.84. The van der Waals surface area contributed by atoms with Gasteiger partial charge < -0.3 is 14.8 Å². The van der Waals surface area contributed by atoms with Crippen molar-refractivity contribution < 1.29 is 22.8 Å². The molecule has 0 unspecified atom stereocenters. The molecule has 4 aromatic carbocycles. The molecule has 2 N–H and O–H groups in total. The fourth-order valence-electron chi connectivity index (χ4n) is 5.76. The molecule has 220 valence electrons. The molecular formula is C33H31N3O6S. The molecular weight excluding hydrogens is 566 g/mol. The Bertz CT molecular complexity index is 1770. The van der Waals surface area contributed by atoms with Crippen molar-refractivity contribution in [3.05, 3.63) is 130 Å². The summed E-state index contributed by atoms with van der Waals surface area (Å²) in [5.74, 6) is 1.49. The van der Waals surface area contributed by atoms with E-state index in [1.165, 1.54) is 12.1 Å². The molecule has 3 atom stereocenters. The van der Waals surface area contributed by atoms with Crippen molar-refractivity contribution in [1.29, 1.82) is 0 Å². The van der Waals surface area contributed by atoms with Crippen LogP contribution in [0.3, 0.4) is 0 Å². The predicted octanol–water partition coefficient (Wildman–Crippen LogP) is 7.20. The maximum atomic E-state index is 13.4. The molecule has 0 aromatic heterocycles. The number of non-ortho nitro benzene ring substituents is 1. The maximum absolute atomic E-state index is 13.4. The van der Waals surface area contributed by atoms with Gasteiger partial charge >= 0.3 is 0 Å². The van der Waals surface area contributed by atoms with Gasteiger partial charge in [-0.05, 0) is 90.6 Å². The van der Waals surface area contributed by atoms with E-state index >= 15 is 0 Å². The Morgan fingerprint density at radius 3 is 2.49 bits per heavy atom. The van der Waals surface area contributed by atoms with Crippen LogP contribution < -0.4 is 19.5 Å². The van der Waals surface area contributed by atoms with Gasteiger partial charge in [-0.1, -0.05) is 36.4 Å². The molecule has 1 heterocycles. The lowest BCUT2D eigenvalue weighted by molar-refractivity contribution is -0.384. The van der Waals surface area contributed by atoms with Crippen LogP contribution in [0.1, 0.15) is 42.0 Å². The third-order valence-electron chi connectivity index (χ3n) is 7.87. The summed E-state index contributed by atoms with van der Waals surface area (Å²) in [6, 6.07) is 26.5. The minimum Gasteiger partial charge on any atom is -0.492 e. The van der Waals surface area contributed by atoms with Crippen LogP contribution in [0, 0.1) is 16.0 Å². The van der Waals surface area contributed by atoms with Crippen LogP contribution >= 0.6 is 0 Å². The van der Waals surface area contributed by atoms with Crippen molar-refractivity contribution in [2.24, 2.45) is 5.92 Å². The second-order valence-electron chi connectivity index (χ2n) is 10.5. The molecule has 4 aromatic rings. The molecule has 0 radical (unpaired) electrons. The highest BCUT2D eigenvalue weighted by atomic mass is 32.2. The first-order valence-electron chi connectivity index (χ1n) is 14.1. The molecule has 1 aliphatic heterocycles. The smallest absolute Gasteiger partial charge is 0.269 e. The Hall–Kier alpha value is -4.83. The number of ether oxygens (including phenoxy) is 2. The number of benzene rings is 4. The zero-order chi connectivity index (χ0) is 30.0. The lowest BCUT2D eigenvalue weighted by atomic mass is 9.77. The van der Waals surface area contributed by atoms with E-state index < -0.39 is 14.9 Å². The summed E-state index contributed by atoms with van der Waals surface area (Å²) in [5.41, 5.74) is 4.27. The molecule has 0 fully saturated rings. The number of fused-ring (bicyclic) bond motifs is 3. The number of nitrogens with one attached hydrogen (secondary N) is 2. The van der Waals surface area contributed by atoms with Crippen LogP contribution in [0.15, 0.2) is 108 Å². The van der Waals surface area contributed by atoms with Crippen LogP contribution in [0.4, 0.5) is 17.1 Å². The number of nitro benzene ring substituents is 1. The topological polar surface area (TPSA) is 120 Å². The number of nitrogens with zero attached hydrogens (tertiary/aromatic N) is 1. The standard InChI is InChI=1S/C33H31N3O6S/c1-2-41-32-9-4-3-8-31(32)35-43(39,40)26-18-19-30-29(20-26)27-6-5-7-28(27)33(34-30)23-12-16-25(17-13-23)42-21-22-10-14-24(15-11-22)36(37)38/h3-6,8-20,27-28,33-35H,2,7,21H2,1H3/t27-,28+,33+/m0/s1. The first-order chi connectivity index (χ1) is 20.8. The van der Waals surface area contributed by atoms with E-state index in [4.69, 9.17) is 9.47 Å². The van der Waals surface area contributed by atoms with E-state index in [-0.39, 0.29) is 28.5 Å². The highest BCUT2D eigenvalue weighted by Crippen LogP contribution is 2.50. The molecule has 6 rings (SSSR count). The van der Waals surface area contributed by atoms with E-state index in [0.29, 0.717) is 30.4 Å². The van der Waals surface area contributed by atoms with E-state index in [2.05, 4.69) is 22.2 Å². The summed E-state index contributed by atoms with van der Waals surface area (Å²) in [6.45, 7) is 2.59. The highest BCUT2D eigenvalue weighted by Gasteiger charge is 2.38. The Kier molecular flexibility index (Phi) is 7.77. The van der Waals surface area contributed by atoms with E-state index in [1.807, 2.05) is 37.3 Å². The van der Waals surface area contributed by atoms with Gasteiger partial charge in [0.05, 0.1) is 28.2 Å². The average Bonchev–Trinajstić information content (AvgIpc) is 3.51. The lowest BCUT2D eigenvalue weighted by Crippen LogP contribution is -2.29. The third-order valence-corrected chi connectivity index (χ3v) is 9.23. The number of sulfonamides is 1. The monoisotopic (exact) mass is 597 g/mol. The Morgan fingerprint density at radius 2 is 1.74 bits per heavy atom. The minimum absolute atomic E-state index is 0.0369. The second kappa shape index (κ2) is 11.8. The molecule has 0 saturated carbocycles. The van der Waals surface area contributed by atoms with Gasteiger partial charge in [-0.15, -0.1) is 0 Å². The summed E-state index contributed by atoms with van der Waals surface area (Å²) >= 11 is 0. The zero-order valence-electron chi connectivity index (χ0n) is 23.5. The van der Waals surface area contributed by atoms with Crippen molar-refractivity contribution in [2.45, 2.75) is 36.8 Å². The number of para-hydroxylation sites is 2. The van der Waals surface area contributed by atoms with Crippen LogP contribution in [0.5, 0.6) is 11.5 Å². The van der Waals surface area contributed by atoms with E-state index in [1.54, 1.807) is 48.5 Å². The molecule has 43 heavy (non-hydrogen) atoms. The predicted molar refractivity (Wildman–Crippen MR) is 165 cm³/mol. The van der Waals surface area contributed by atoms with Crippen LogP contribution in [0.25, 0.3) is 0 Å². The maximum Gasteiger partial charge on any atom is 0.269 e. The number of allylic oxidation sites excluding steroid dienone is 2. The van der Waals surface area contributed by atoms with Crippen molar-refractivity contribution >= 4 is 27.1 Å². The fourth-order valence-corrected chi connectivity index (χ4v) is 6.86. The summed E-state index contributed by atoms with van der Waals surface area (Å²) in [4.78, 5) is 10.6. The normalized spacial score (nSPS) is 18.7. The second-order valence-corrected chi connectivity index (χ2v) is 12.2. The minimum atomic E-state index is -3.84. The number of anilines is 2. The molecule has 0 amide bonds. The molecule has 1 aliphatic carbocycles. The van der Waals surface area contributed by atoms with Gasteiger partial charge in [-0.2, -0.15) is 0 Å². The molecule has 0 bridgehead atoms. The SMILES string of the molecule is CCOc1ccccc1NS(=O)(=O)c1ccc2c(c1)[C@H]1C=CC[C@H]1[C@@H](c1ccc(OCc3ccc([N+](=O)[O-])cc3)cc1)N2. The zero-order valence-corrected chi connectivity index (χ0v) is 24.3. The fraction of sp³-hybridized carbons (Fsp3) is 0.212. The first kappa shape index (κ1) is 28.3. The summed E-state index contributed by atoms with van der Waals surface area (Å²) in [6.07, 6.45) is 5.21. The van der Waals surface area contributed by atoms with Gasteiger partial charge in [-0.25, -0.2) is 8.42 Å². The van der Waals surface area contributed by atoms with E-state index in [0.717, 1.165) is 28.8 Å². The highest BCUT2D eigenvalue weighted by molar-refractivity contribution is 7.92. The van der Waals surface area contributed by atoms with Gasteiger partial charge in [0.25, 0.3) is 15.7 Å². The van der Waals surface area contributed by atoms with Gasteiger partial charge in [0.15, 0.2) is 0 Å². The van der Waals surface area contributed by atoms with Crippen molar-refractivity contribution in [3.63, 3.8) is 0 Å². The van der Waals surface area contributed by atoms with Crippen LogP contribution in [0.2, 0.25) is 0 Å². The van der Waals surface area contributed by atoms with Gasteiger partial charge in [0.2, 0.25) is 0 Å². The largest absolute Gasteiger partial charge is 0.492 e. The van der Waals surface area contributed by atoms with Crippen LogP contribution in [-0.2, 0) is 16.6 Å². The molecule has 2 aliphatic rings. The Labute approximate surface area is 250 Å². The molecule has 0 saturated heterocycles. The van der Waals surface area contributed by atoms with Gasteiger partial charge in [0.1, 0.15) is 18.1 Å². The third kappa shape index (κ3) is 5.91. The summed E-state index contributed by atoms with van der Waals surface area (Å²) in [5, 5.41) is 14.5. The Balaban J connectivity index is 1.18. The van der Waals surface area contributed by atoms with Gasteiger partial charge in [-0.3, -0.25) is 14.8 Å². The van der Waals surface area contributed by atoms with Crippen molar-refractivity contribution in [3.8, 4) is 11.5 Å². The van der Waals surface area contributed by atoms with Crippen molar-refractivity contribution in [1.82, 2.24) is 0 Å². The van der Waals surface area contributed by atoms with Gasteiger partial charge in [0, 0.05) is 23.7 Å². The quantitative estimate of drug-likeness (QED) is 0.113. The number of hydrogen-bond acceptors (Lipinski definition) is 7. The lowest BCUT2D eigenvalue weighted by Gasteiger charge is -2.37. The number of rotatable bonds is 10. The first-order valence-corrected chi connectivity index (χ1v) is 15.6. The van der Waals surface area contributed by atoms with E-state index in [9.17, 15) is 18.5 Å². The van der Waals surface area contributed by atoms with Crippen molar-refractivity contribution in [2.75, 3.05) is 16.6 Å². The Morgan fingerprint density at radius 1 is 0.977 bits per heavy atom.